The number of anilines is 2. The van der Waals surface area contributed by atoms with E-state index in [1.54, 1.807) is 35.6 Å². The van der Waals surface area contributed by atoms with Crippen molar-refractivity contribution in [1.82, 2.24) is 4.98 Å². The Morgan fingerprint density at radius 1 is 1.44 bits per heavy atom. The number of thiazole rings is 1. The van der Waals surface area contributed by atoms with Gasteiger partial charge in [-0.15, -0.1) is 11.3 Å². The number of fused-ring (bicyclic) bond motifs is 1. The Kier molecular flexibility index (Phi) is 5.11. The highest BCUT2D eigenvalue weighted by Crippen LogP contribution is 2.34. The fourth-order valence-corrected chi connectivity index (χ4v) is 4.88. The Balaban J connectivity index is 1.46. The number of hydrogen-bond donors (Lipinski definition) is 1. The zero-order chi connectivity index (χ0) is 18.8. The third-order valence-electron chi connectivity index (χ3n) is 5.14. The van der Waals surface area contributed by atoms with E-state index in [9.17, 15) is 9.59 Å². The summed E-state index contributed by atoms with van der Waals surface area (Å²) in [6, 6.07) is 7.04. The number of aryl methyl sites for hydroxylation is 1. The molecule has 2 aromatic rings. The summed E-state index contributed by atoms with van der Waals surface area (Å²) in [6.45, 7) is 3.10. The fraction of sp³-hybridized carbons (Fsp3) is 0.450. The lowest BCUT2D eigenvalue weighted by molar-refractivity contribution is 0.102. The van der Waals surface area contributed by atoms with Crippen molar-refractivity contribution in [3.8, 4) is 0 Å². The number of carbonyl (C=O) groups excluding carboxylic acids is 2. The van der Waals surface area contributed by atoms with Crippen LogP contribution in [0.2, 0.25) is 0 Å². The molecule has 0 saturated carbocycles. The van der Waals surface area contributed by atoms with Crippen LogP contribution in [0.15, 0.2) is 24.3 Å². The molecular weight excluding hydrogens is 362 g/mol. The molecule has 2 heterocycles. The molecule has 2 amide bonds. The number of ether oxygens (including phenoxy) is 1. The molecule has 1 saturated heterocycles. The molecule has 1 unspecified atom stereocenters. The number of nitrogens with zero attached hydrogens (tertiary/aromatic N) is 2. The van der Waals surface area contributed by atoms with Crippen LogP contribution in [0.1, 0.15) is 47.1 Å². The van der Waals surface area contributed by atoms with Crippen molar-refractivity contribution < 1.29 is 14.3 Å². The highest BCUT2D eigenvalue weighted by Gasteiger charge is 2.25. The van der Waals surface area contributed by atoms with E-state index in [0.717, 1.165) is 24.5 Å². The molecule has 0 spiro atoms. The summed E-state index contributed by atoms with van der Waals surface area (Å²) in [7, 11) is 0. The summed E-state index contributed by atoms with van der Waals surface area (Å²) in [6.07, 6.45) is 5.35. The van der Waals surface area contributed by atoms with Crippen LogP contribution in [0.5, 0.6) is 0 Å². The number of carbonyl (C=O) groups is 2. The number of amides is 2. The molecule has 1 atom stereocenters. The highest BCUT2D eigenvalue weighted by atomic mass is 32.1. The molecule has 0 bridgehead atoms. The van der Waals surface area contributed by atoms with Crippen molar-refractivity contribution in [1.29, 1.82) is 0 Å². The monoisotopic (exact) mass is 385 g/mol. The van der Waals surface area contributed by atoms with E-state index in [4.69, 9.17) is 4.74 Å². The van der Waals surface area contributed by atoms with Crippen molar-refractivity contribution in [3.05, 3.63) is 40.4 Å². The van der Waals surface area contributed by atoms with Gasteiger partial charge in [0, 0.05) is 16.1 Å². The van der Waals surface area contributed by atoms with E-state index in [-0.39, 0.29) is 12.0 Å². The largest absolute Gasteiger partial charge is 0.447 e. The van der Waals surface area contributed by atoms with E-state index in [1.165, 1.54) is 29.0 Å². The molecule has 1 fully saturated rings. The SMILES string of the molecule is CCCC1CCc2nc(NC(=O)c3cccc(N4CCOC4=O)c3)sc2C1. The molecule has 142 valence electrons. The molecule has 1 aromatic heterocycles. The molecule has 2 aliphatic rings. The van der Waals surface area contributed by atoms with Gasteiger partial charge < -0.3 is 4.74 Å². The summed E-state index contributed by atoms with van der Waals surface area (Å²) in [4.78, 5) is 31.9. The molecule has 1 aliphatic heterocycles. The van der Waals surface area contributed by atoms with Gasteiger partial charge in [-0.2, -0.15) is 0 Å². The zero-order valence-electron chi connectivity index (χ0n) is 15.4. The smallest absolute Gasteiger partial charge is 0.414 e. The van der Waals surface area contributed by atoms with Gasteiger partial charge in [0.05, 0.1) is 12.2 Å². The van der Waals surface area contributed by atoms with Gasteiger partial charge in [-0.25, -0.2) is 9.78 Å². The Morgan fingerprint density at radius 3 is 3.11 bits per heavy atom. The summed E-state index contributed by atoms with van der Waals surface area (Å²) in [5, 5.41) is 3.59. The predicted octanol–water partition coefficient (Wildman–Crippen LogP) is 4.26. The molecule has 4 rings (SSSR count). The minimum absolute atomic E-state index is 0.208. The minimum Gasteiger partial charge on any atom is -0.447 e. The van der Waals surface area contributed by atoms with Crippen LogP contribution in [-0.4, -0.2) is 30.1 Å². The van der Waals surface area contributed by atoms with E-state index < -0.39 is 0 Å². The second kappa shape index (κ2) is 7.68. The highest BCUT2D eigenvalue weighted by molar-refractivity contribution is 7.15. The first-order chi connectivity index (χ1) is 13.1. The number of aromatic nitrogens is 1. The molecule has 7 heteroatoms. The summed E-state index contributed by atoms with van der Waals surface area (Å²) in [5.41, 5.74) is 2.31. The Hall–Kier alpha value is -2.41. The Labute approximate surface area is 162 Å². The summed E-state index contributed by atoms with van der Waals surface area (Å²) >= 11 is 1.59. The molecule has 1 aliphatic carbocycles. The van der Waals surface area contributed by atoms with Crippen LogP contribution in [0.3, 0.4) is 0 Å². The van der Waals surface area contributed by atoms with Gasteiger partial charge in [0.2, 0.25) is 0 Å². The van der Waals surface area contributed by atoms with E-state index in [2.05, 4.69) is 17.2 Å². The van der Waals surface area contributed by atoms with Gasteiger partial charge in [0.1, 0.15) is 6.61 Å². The first kappa shape index (κ1) is 18.0. The van der Waals surface area contributed by atoms with Gasteiger partial charge in [0.15, 0.2) is 5.13 Å². The second-order valence-electron chi connectivity index (χ2n) is 7.06. The first-order valence-corrected chi connectivity index (χ1v) is 10.3. The molecule has 1 aromatic carbocycles. The maximum atomic E-state index is 12.7. The van der Waals surface area contributed by atoms with Gasteiger partial charge in [0.25, 0.3) is 5.91 Å². The van der Waals surface area contributed by atoms with Crippen LogP contribution in [0.25, 0.3) is 0 Å². The van der Waals surface area contributed by atoms with Crippen LogP contribution in [0.4, 0.5) is 15.6 Å². The number of nitrogens with one attached hydrogen (secondary N) is 1. The number of hydrogen-bond acceptors (Lipinski definition) is 5. The van der Waals surface area contributed by atoms with E-state index in [0.29, 0.717) is 29.5 Å². The average Bonchev–Trinajstić information content (AvgIpc) is 3.27. The third-order valence-corrected chi connectivity index (χ3v) is 6.18. The lowest BCUT2D eigenvalue weighted by Gasteiger charge is -2.19. The van der Waals surface area contributed by atoms with Crippen molar-refractivity contribution in [3.63, 3.8) is 0 Å². The predicted molar refractivity (Wildman–Crippen MR) is 106 cm³/mol. The van der Waals surface area contributed by atoms with Crippen LogP contribution < -0.4 is 10.2 Å². The lowest BCUT2D eigenvalue weighted by atomic mass is 9.88. The number of cyclic esters (lactones) is 1. The van der Waals surface area contributed by atoms with Crippen molar-refractivity contribution in [2.45, 2.75) is 39.0 Å². The van der Waals surface area contributed by atoms with Crippen LogP contribution >= 0.6 is 11.3 Å². The maximum absolute atomic E-state index is 12.7. The van der Waals surface area contributed by atoms with E-state index >= 15 is 0 Å². The molecule has 6 nitrogen and oxygen atoms in total. The van der Waals surface area contributed by atoms with Crippen molar-refractivity contribution in [2.75, 3.05) is 23.4 Å². The van der Waals surface area contributed by atoms with E-state index in [1.807, 2.05) is 0 Å². The second-order valence-corrected chi connectivity index (χ2v) is 8.14. The quantitative estimate of drug-likeness (QED) is 0.835. The third kappa shape index (κ3) is 3.83. The van der Waals surface area contributed by atoms with Gasteiger partial charge in [-0.05, 0) is 43.4 Å². The normalized spacial score (nSPS) is 18.9. The minimum atomic E-state index is -0.373. The Bertz CT molecular complexity index is 864. The summed E-state index contributed by atoms with van der Waals surface area (Å²) < 4.78 is 4.97. The van der Waals surface area contributed by atoms with Gasteiger partial charge in [-0.3, -0.25) is 15.0 Å². The van der Waals surface area contributed by atoms with Gasteiger partial charge in [-0.1, -0.05) is 25.8 Å². The standard InChI is InChI=1S/C20H23N3O3S/c1-2-4-13-7-8-16-17(11-13)27-19(21-16)22-18(24)14-5-3-6-15(12-14)23-9-10-26-20(23)25/h3,5-6,12-13H,2,4,7-11H2,1H3,(H,21,22,24). The fourth-order valence-electron chi connectivity index (χ4n) is 3.76. The maximum Gasteiger partial charge on any atom is 0.414 e. The average molecular weight is 385 g/mol. The van der Waals surface area contributed by atoms with Crippen LogP contribution in [-0.2, 0) is 17.6 Å². The Morgan fingerprint density at radius 2 is 2.33 bits per heavy atom. The van der Waals surface area contributed by atoms with Crippen molar-refractivity contribution >= 4 is 34.2 Å². The van der Waals surface area contributed by atoms with Crippen molar-refractivity contribution in [2.24, 2.45) is 5.92 Å². The summed E-state index contributed by atoms with van der Waals surface area (Å²) in [5.74, 6) is 0.531. The first-order valence-electron chi connectivity index (χ1n) is 9.48. The van der Waals surface area contributed by atoms with Crippen LogP contribution in [0, 0.1) is 5.92 Å². The topological polar surface area (TPSA) is 71.5 Å². The molecular formula is C20H23N3O3S. The molecule has 27 heavy (non-hydrogen) atoms. The zero-order valence-corrected chi connectivity index (χ0v) is 16.2. The number of benzene rings is 1. The molecule has 0 radical (unpaired) electrons. The van der Waals surface area contributed by atoms with Gasteiger partial charge >= 0.3 is 6.09 Å². The number of rotatable bonds is 5. The lowest BCUT2D eigenvalue weighted by Crippen LogP contribution is -2.23. The molecule has 1 N–H and O–H groups in total.